The van der Waals surface area contributed by atoms with Crippen LogP contribution >= 0.6 is 0 Å². The van der Waals surface area contributed by atoms with E-state index in [4.69, 9.17) is 4.98 Å². The Morgan fingerprint density at radius 3 is 2.47 bits per heavy atom. The zero-order chi connectivity index (χ0) is 22.1. The van der Waals surface area contributed by atoms with Gasteiger partial charge in [-0.3, -0.25) is 9.69 Å². The maximum atomic E-state index is 12.6. The predicted octanol–water partition coefficient (Wildman–Crippen LogP) is 3.53. The fourth-order valence-electron chi connectivity index (χ4n) is 6.20. The molecule has 6 nitrogen and oxygen atoms in total. The molecule has 0 radical (unpaired) electrons. The molecule has 4 fully saturated rings. The molecule has 5 rings (SSSR count). The molecule has 0 spiro atoms. The van der Waals surface area contributed by atoms with Crippen LogP contribution in [0.15, 0.2) is 18.2 Å². The molecule has 1 aliphatic carbocycles. The van der Waals surface area contributed by atoms with Crippen molar-refractivity contribution in [2.75, 3.05) is 37.6 Å². The molecule has 2 atom stereocenters. The Hall–Kier alpha value is -1.66. The maximum absolute atomic E-state index is 12.6. The van der Waals surface area contributed by atoms with Crippen LogP contribution in [0.2, 0.25) is 0 Å². The number of carbonyl (C=O) groups excluding carboxylic acids is 1. The van der Waals surface area contributed by atoms with Crippen molar-refractivity contribution < 1.29 is 4.79 Å². The first-order chi connectivity index (χ1) is 15.6. The van der Waals surface area contributed by atoms with Crippen LogP contribution in [0.4, 0.5) is 5.82 Å². The van der Waals surface area contributed by atoms with Crippen molar-refractivity contribution in [1.29, 1.82) is 0 Å². The normalized spacial score (nSPS) is 28.0. The summed E-state index contributed by atoms with van der Waals surface area (Å²) in [6.45, 7) is 10.0. The van der Waals surface area contributed by atoms with E-state index in [-0.39, 0.29) is 5.91 Å². The third kappa shape index (κ3) is 4.96. The summed E-state index contributed by atoms with van der Waals surface area (Å²) in [5.41, 5.74) is 0.563. The first-order valence-electron chi connectivity index (χ1n) is 13.1. The Morgan fingerprint density at radius 2 is 1.72 bits per heavy atom. The van der Waals surface area contributed by atoms with Gasteiger partial charge in [0, 0.05) is 43.8 Å². The highest BCUT2D eigenvalue weighted by Gasteiger charge is 2.40. The molecule has 3 saturated heterocycles. The minimum absolute atomic E-state index is 0.0224. The number of fused-ring (bicyclic) bond motifs is 2. The molecule has 1 aromatic heterocycles. The van der Waals surface area contributed by atoms with Crippen molar-refractivity contribution in [2.45, 2.75) is 89.4 Å². The van der Waals surface area contributed by atoms with Crippen molar-refractivity contribution in [2.24, 2.45) is 5.92 Å². The van der Waals surface area contributed by atoms with Gasteiger partial charge in [0.05, 0.1) is 0 Å². The van der Waals surface area contributed by atoms with Crippen molar-refractivity contribution >= 4 is 11.7 Å². The lowest BCUT2D eigenvalue weighted by molar-refractivity contribution is 0.0105. The molecule has 4 heterocycles. The van der Waals surface area contributed by atoms with Gasteiger partial charge in [-0.2, -0.15) is 0 Å². The fraction of sp³-hybridized carbons (Fsp3) is 0.769. The van der Waals surface area contributed by atoms with Gasteiger partial charge in [0.15, 0.2) is 0 Å². The molecular weight excluding hydrogens is 398 g/mol. The Labute approximate surface area is 193 Å². The van der Waals surface area contributed by atoms with Crippen LogP contribution in [0.3, 0.4) is 0 Å². The second-order valence-corrected chi connectivity index (χ2v) is 10.8. The molecule has 32 heavy (non-hydrogen) atoms. The summed E-state index contributed by atoms with van der Waals surface area (Å²) in [6.07, 6.45) is 10.3. The van der Waals surface area contributed by atoms with E-state index in [9.17, 15) is 4.79 Å². The van der Waals surface area contributed by atoms with Crippen LogP contribution in [-0.4, -0.2) is 77.6 Å². The highest BCUT2D eigenvalue weighted by molar-refractivity contribution is 5.92. The molecule has 1 amide bonds. The fourth-order valence-corrected chi connectivity index (χ4v) is 6.20. The lowest BCUT2D eigenvalue weighted by Crippen LogP contribution is -2.56. The van der Waals surface area contributed by atoms with E-state index in [0.29, 0.717) is 29.7 Å². The smallest absolute Gasteiger partial charge is 0.269 e. The third-order valence-corrected chi connectivity index (χ3v) is 8.27. The Kier molecular flexibility index (Phi) is 6.70. The summed E-state index contributed by atoms with van der Waals surface area (Å²) in [5, 5.41) is 3.07. The van der Waals surface area contributed by atoms with Crippen LogP contribution in [0.1, 0.15) is 75.7 Å². The van der Waals surface area contributed by atoms with Gasteiger partial charge in [-0.1, -0.05) is 12.5 Å². The van der Waals surface area contributed by atoms with E-state index < -0.39 is 0 Å². The highest BCUT2D eigenvalue weighted by atomic mass is 16.1. The number of aromatic nitrogens is 1. The quantitative estimate of drug-likeness (QED) is 0.735. The van der Waals surface area contributed by atoms with Crippen LogP contribution in [0, 0.1) is 5.92 Å². The molecule has 176 valence electrons. The maximum Gasteiger partial charge on any atom is 0.269 e. The van der Waals surface area contributed by atoms with E-state index in [0.717, 1.165) is 31.5 Å². The minimum atomic E-state index is -0.0224. The SMILES string of the molecule is CC(C)N1CCC(N2C3CCCC2CN(c2cccc(C(=O)NCC4CC4)n2)CC3)CC1. The Bertz CT molecular complexity index is 786. The lowest BCUT2D eigenvalue weighted by Gasteiger charge is -2.48. The Balaban J connectivity index is 1.26. The molecule has 1 N–H and O–H groups in total. The topological polar surface area (TPSA) is 51.7 Å². The third-order valence-electron chi connectivity index (χ3n) is 8.27. The van der Waals surface area contributed by atoms with Gasteiger partial charge in [0.1, 0.15) is 11.5 Å². The molecule has 4 aliphatic rings. The predicted molar refractivity (Wildman–Crippen MR) is 129 cm³/mol. The van der Waals surface area contributed by atoms with Crippen molar-refractivity contribution in [3.8, 4) is 0 Å². The van der Waals surface area contributed by atoms with Gasteiger partial charge in [0.25, 0.3) is 5.91 Å². The second-order valence-electron chi connectivity index (χ2n) is 10.8. The van der Waals surface area contributed by atoms with Gasteiger partial charge in [0.2, 0.25) is 0 Å². The summed E-state index contributed by atoms with van der Waals surface area (Å²) in [5.74, 6) is 1.64. The number of nitrogens with one attached hydrogen (secondary N) is 1. The summed E-state index contributed by atoms with van der Waals surface area (Å²) < 4.78 is 0. The monoisotopic (exact) mass is 439 g/mol. The highest BCUT2D eigenvalue weighted by Crippen LogP contribution is 2.35. The number of rotatable bonds is 6. The van der Waals surface area contributed by atoms with Gasteiger partial charge in [-0.15, -0.1) is 0 Å². The standard InChI is InChI=1S/C26H41N5O/c1-19(2)29-14-11-22(12-15-29)31-21-5-3-6-23(31)18-30(16-13-21)25-8-4-7-24(28-25)26(32)27-17-20-9-10-20/h4,7-8,19-23H,3,5-6,9-18H2,1-2H3,(H,27,32). The zero-order valence-corrected chi connectivity index (χ0v) is 20.0. The zero-order valence-electron chi connectivity index (χ0n) is 20.0. The number of pyridine rings is 1. The minimum Gasteiger partial charge on any atom is -0.355 e. The van der Waals surface area contributed by atoms with Crippen molar-refractivity contribution in [3.05, 3.63) is 23.9 Å². The summed E-state index contributed by atoms with van der Waals surface area (Å²) in [4.78, 5) is 25.4. The van der Waals surface area contributed by atoms with Crippen LogP contribution in [0.25, 0.3) is 0 Å². The van der Waals surface area contributed by atoms with E-state index in [1.807, 2.05) is 12.1 Å². The van der Waals surface area contributed by atoms with Gasteiger partial charge < -0.3 is 15.1 Å². The Morgan fingerprint density at radius 1 is 1.00 bits per heavy atom. The molecular formula is C26H41N5O. The van der Waals surface area contributed by atoms with E-state index >= 15 is 0 Å². The molecule has 3 aliphatic heterocycles. The van der Waals surface area contributed by atoms with Crippen molar-refractivity contribution in [3.63, 3.8) is 0 Å². The number of likely N-dealkylation sites (tertiary alicyclic amines) is 1. The number of hydrogen-bond acceptors (Lipinski definition) is 5. The van der Waals surface area contributed by atoms with Gasteiger partial charge in [-0.25, -0.2) is 4.98 Å². The summed E-state index contributed by atoms with van der Waals surface area (Å²) in [6, 6.07) is 8.67. The number of anilines is 1. The van der Waals surface area contributed by atoms with Gasteiger partial charge >= 0.3 is 0 Å². The van der Waals surface area contributed by atoms with Crippen LogP contribution in [-0.2, 0) is 0 Å². The average Bonchev–Trinajstić information content (AvgIpc) is 3.65. The van der Waals surface area contributed by atoms with Crippen molar-refractivity contribution in [1.82, 2.24) is 20.1 Å². The average molecular weight is 440 g/mol. The van der Waals surface area contributed by atoms with E-state index in [1.54, 1.807) is 0 Å². The largest absolute Gasteiger partial charge is 0.355 e. The molecule has 2 unspecified atom stereocenters. The number of carbonyl (C=O) groups is 1. The number of piperidine rings is 2. The van der Waals surface area contributed by atoms with Crippen LogP contribution < -0.4 is 10.2 Å². The molecule has 2 bridgehead atoms. The molecule has 6 heteroatoms. The second kappa shape index (κ2) is 9.68. The number of hydrogen-bond donors (Lipinski definition) is 1. The lowest BCUT2D eigenvalue weighted by atomic mass is 9.89. The first kappa shape index (κ1) is 22.1. The molecule has 1 aromatic rings. The molecule has 0 aromatic carbocycles. The number of amides is 1. The summed E-state index contributed by atoms with van der Waals surface area (Å²) >= 11 is 0. The van der Waals surface area contributed by atoms with Gasteiger partial charge in [-0.05, 0) is 89.9 Å². The molecule has 1 saturated carbocycles. The first-order valence-corrected chi connectivity index (χ1v) is 13.1. The number of nitrogens with zero attached hydrogens (tertiary/aromatic N) is 4. The summed E-state index contributed by atoms with van der Waals surface area (Å²) in [7, 11) is 0. The van der Waals surface area contributed by atoms with Crippen LogP contribution in [0.5, 0.6) is 0 Å². The van der Waals surface area contributed by atoms with E-state index in [1.165, 1.54) is 64.5 Å². The van der Waals surface area contributed by atoms with E-state index in [2.05, 4.69) is 39.9 Å².